The van der Waals surface area contributed by atoms with Crippen molar-refractivity contribution < 1.29 is 14.6 Å². The summed E-state index contributed by atoms with van der Waals surface area (Å²) in [5, 5.41) is 12.6. The molecule has 1 aliphatic rings. The van der Waals surface area contributed by atoms with Gasteiger partial charge < -0.3 is 20.9 Å². The van der Waals surface area contributed by atoms with E-state index in [0.717, 1.165) is 12.0 Å². The van der Waals surface area contributed by atoms with Crippen LogP contribution in [0, 0.1) is 6.92 Å². The number of hydrogen-bond acceptors (Lipinski definition) is 4. The molecule has 3 unspecified atom stereocenters. The van der Waals surface area contributed by atoms with Crippen LogP contribution in [-0.4, -0.2) is 35.8 Å². The number of phenolic OH excluding ortho intramolecular Hbond substituents is 1. The van der Waals surface area contributed by atoms with E-state index in [4.69, 9.17) is 10.5 Å². The van der Waals surface area contributed by atoms with Crippen molar-refractivity contribution in [1.29, 1.82) is 0 Å². The van der Waals surface area contributed by atoms with Crippen LogP contribution < -0.4 is 11.1 Å². The lowest BCUT2D eigenvalue weighted by molar-refractivity contribution is -0.0300. The molecule has 1 aromatic rings. The molecule has 104 valence electrons. The fourth-order valence-electron chi connectivity index (χ4n) is 2.29. The first-order valence-corrected chi connectivity index (χ1v) is 6.50. The molecule has 0 spiro atoms. The molecule has 0 radical (unpaired) electrons. The first kappa shape index (κ1) is 13.8. The predicted octanol–water partition coefficient (Wildman–Crippen LogP) is 0.935. The van der Waals surface area contributed by atoms with Gasteiger partial charge in [0.05, 0.1) is 17.7 Å². The second kappa shape index (κ2) is 5.59. The average molecular weight is 264 g/mol. The highest BCUT2D eigenvalue weighted by atomic mass is 16.5. The highest BCUT2D eigenvalue weighted by Crippen LogP contribution is 2.24. The molecule has 0 aliphatic heterocycles. The maximum Gasteiger partial charge on any atom is 0.255 e. The van der Waals surface area contributed by atoms with Gasteiger partial charge in [0.15, 0.2) is 0 Å². The van der Waals surface area contributed by atoms with E-state index in [9.17, 15) is 9.90 Å². The number of carbonyl (C=O) groups is 1. The van der Waals surface area contributed by atoms with Crippen LogP contribution in [0.5, 0.6) is 5.75 Å². The van der Waals surface area contributed by atoms with Crippen molar-refractivity contribution in [3.8, 4) is 5.75 Å². The highest BCUT2D eigenvalue weighted by Gasteiger charge is 2.40. The molecule has 19 heavy (non-hydrogen) atoms. The molecule has 0 heterocycles. The fraction of sp³-hybridized carbons (Fsp3) is 0.500. The number of hydrogen-bond donors (Lipinski definition) is 3. The summed E-state index contributed by atoms with van der Waals surface area (Å²) >= 11 is 0. The van der Waals surface area contributed by atoms with Crippen LogP contribution >= 0.6 is 0 Å². The molecule has 1 fully saturated rings. The number of ether oxygens (including phenoxy) is 1. The quantitative estimate of drug-likeness (QED) is 0.755. The van der Waals surface area contributed by atoms with E-state index in [1.54, 1.807) is 18.2 Å². The lowest BCUT2D eigenvalue weighted by Gasteiger charge is -2.42. The normalized spacial score (nSPS) is 25.7. The summed E-state index contributed by atoms with van der Waals surface area (Å²) in [6.45, 7) is 4.36. The van der Waals surface area contributed by atoms with Gasteiger partial charge in [-0.25, -0.2) is 0 Å². The minimum Gasteiger partial charge on any atom is -0.507 e. The average Bonchev–Trinajstić information content (AvgIpc) is 2.35. The van der Waals surface area contributed by atoms with E-state index in [2.05, 4.69) is 5.32 Å². The van der Waals surface area contributed by atoms with Crippen molar-refractivity contribution >= 4 is 5.91 Å². The Kier molecular flexibility index (Phi) is 4.07. The van der Waals surface area contributed by atoms with Gasteiger partial charge in [0, 0.05) is 12.6 Å². The van der Waals surface area contributed by atoms with Crippen molar-refractivity contribution in [3.05, 3.63) is 29.3 Å². The van der Waals surface area contributed by atoms with Gasteiger partial charge in [-0.3, -0.25) is 4.79 Å². The maximum absolute atomic E-state index is 12.1. The number of rotatable bonds is 4. The largest absolute Gasteiger partial charge is 0.507 e. The molecule has 1 aliphatic carbocycles. The van der Waals surface area contributed by atoms with Crippen molar-refractivity contribution in [3.63, 3.8) is 0 Å². The monoisotopic (exact) mass is 264 g/mol. The summed E-state index contributed by atoms with van der Waals surface area (Å²) < 4.78 is 5.49. The summed E-state index contributed by atoms with van der Waals surface area (Å²) in [4.78, 5) is 12.1. The van der Waals surface area contributed by atoms with Gasteiger partial charge in [0.25, 0.3) is 5.91 Å². The molecular weight excluding hydrogens is 244 g/mol. The lowest BCUT2D eigenvalue weighted by atomic mass is 9.83. The number of amides is 1. The molecule has 0 bridgehead atoms. The van der Waals surface area contributed by atoms with E-state index in [1.807, 2.05) is 13.8 Å². The zero-order valence-electron chi connectivity index (χ0n) is 11.2. The van der Waals surface area contributed by atoms with Crippen LogP contribution in [0.3, 0.4) is 0 Å². The molecule has 1 amide bonds. The molecule has 5 heteroatoms. The third-order valence-electron chi connectivity index (χ3n) is 3.44. The van der Waals surface area contributed by atoms with Gasteiger partial charge in [-0.15, -0.1) is 0 Å². The Hall–Kier alpha value is -1.59. The molecule has 0 saturated heterocycles. The summed E-state index contributed by atoms with van der Waals surface area (Å²) in [6.07, 6.45) is 0.718. The Morgan fingerprint density at radius 1 is 1.58 bits per heavy atom. The summed E-state index contributed by atoms with van der Waals surface area (Å²) in [5.41, 5.74) is 7.04. The third-order valence-corrected chi connectivity index (χ3v) is 3.44. The van der Waals surface area contributed by atoms with Crippen molar-refractivity contribution in [1.82, 2.24) is 5.32 Å². The number of aryl methyl sites for hydroxylation is 1. The second-order valence-electron chi connectivity index (χ2n) is 4.91. The Labute approximate surface area is 112 Å². The van der Waals surface area contributed by atoms with Crippen LogP contribution in [0.2, 0.25) is 0 Å². The maximum atomic E-state index is 12.1. The molecule has 0 aromatic heterocycles. The minimum atomic E-state index is -0.317. The van der Waals surface area contributed by atoms with Crippen LogP contribution in [0.4, 0.5) is 0 Å². The number of aromatic hydroxyl groups is 1. The molecule has 1 saturated carbocycles. The van der Waals surface area contributed by atoms with Crippen LogP contribution in [0.25, 0.3) is 0 Å². The number of carbonyl (C=O) groups excluding carboxylic acids is 1. The van der Waals surface area contributed by atoms with Crippen LogP contribution in [0.1, 0.15) is 29.3 Å². The molecule has 3 atom stereocenters. The third kappa shape index (κ3) is 2.88. The summed E-state index contributed by atoms with van der Waals surface area (Å²) in [7, 11) is 0. The SMILES string of the molecule is CCOC1CC(N)C1NC(=O)c1ccc(C)cc1O. The first-order chi connectivity index (χ1) is 9.02. The molecule has 4 N–H and O–H groups in total. The number of nitrogens with two attached hydrogens (primary N) is 1. The van der Waals surface area contributed by atoms with E-state index >= 15 is 0 Å². The van der Waals surface area contributed by atoms with Crippen LogP contribution in [-0.2, 0) is 4.74 Å². The van der Waals surface area contributed by atoms with Gasteiger partial charge in [0.2, 0.25) is 0 Å². The zero-order valence-corrected chi connectivity index (χ0v) is 11.2. The van der Waals surface area contributed by atoms with Crippen LogP contribution in [0.15, 0.2) is 18.2 Å². The van der Waals surface area contributed by atoms with E-state index in [0.29, 0.717) is 6.61 Å². The first-order valence-electron chi connectivity index (χ1n) is 6.50. The smallest absolute Gasteiger partial charge is 0.255 e. The summed E-state index contributed by atoms with van der Waals surface area (Å²) in [6, 6.07) is 4.69. The van der Waals surface area contributed by atoms with Crippen molar-refractivity contribution in [2.75, 3.05) is 6.61 Å². The summed E-state index contributed by atoms with van der Waals surface area (Å²) in [5.74, 6) is -0.333. The minimum absolute atomic E-state index is 0.0154. The Morgan fingerprint density at radius 2 is 2.32 bits per heavy atom. The van der Waals surface area contributed by atoms with Gasteiger partial charge in [0.1, 0.15) is 5.75 Å². The number of benzene rings is 1. The molecular formula is C14H20N2O3. The Bertz CT molecular complexity index is 474. The van der Waals surface area contributed by atoms with Gasteiger partial charge >= 0.3 is 0 Å². The number of phenols is 1. The molecule has 5 nitrogen and oxygen atoms in total. The van der Waals surface area contributed by atoms with Gasteiger partial charge in [-0.2, -0.15) is 0 Å². The molecule has 1 aromatic carbocycles. The Morgan fingerprint density at radius 3 is 2.89 bits per heavy atom. The standard InChI is InChI=1S/C14H20N2O3/c1-3-19-12-7-10(15)13(12)16-14(18)9-5-4-8(2)6-11(9)17/h4-6,10,12-13,17H,3,7,15H2,1-2H3,(H,16,18). The van der Waals surface area contributed by atoms with Gasteiger partial charge in [-0.1, -0.05) is 6.07 Å². The van der Waals surface area contributed by atoms with Crippen molar-refractivity contribution in [2.24, 2.45) is 5.73 Å². The topological polar surface area (TPSA) is 84.6 Å². The lowest BCUT2D eigenvalue weighted by Crippen LogP contribution is -2.64. The fourth-order valence-corrected chi connectivity index (χ4v) is 2.29. The van der Waals surface area contributed by atoms with E-state index in [1.165, 1.54) is 0 Å². The van der Waals surface area contributed by atoms with E-state index < -0.39 is 0 Å². The molecule has 2 rings (SSSR count). The number of nitrogens with one attached hydrogen (secondary N) is 1. The predicted molar refractivity (Wildman–Crippen MR) is 72.1 cm³/mol. The van der Waals surface area contributed by atoms with Gasteiger partial charge in [-0.05, 0) is 38.0 Å². The van der Waals surface area contributed by atoms with Crippen molar-refractivity contribution in [2.45, 2.75) is 38.5 Å². The van der Waals surface area contributed by atoms with E-state index in [-0.39, 0.29) is 35.4 Å². The highest BCUT2D eigenvalue weighted by molar-refractivity contribution is 5.97. The zero-order chi connectivity index (χ0) is 14.0. The second-order valence-corrected chi connectivity index (χ2v) is 4.91. The Balaban J connectivity index is 2.04.